The molecule has 0 spiro atoms. The van der Waals surface area contributed by atoms with E-state index in [-0.39, 0.29) is 13.2 Å². The standard InChI is InChI=1S/C14H19NO4/c1-3-18-13(16)12(14(17)19-4-2)15-10-11-8-6-5-7-9-11/h5-9,12,15H,3-4,10H2,1-2H3. The van der Waals surface area contributed by atoms with Gasteiger partial charge in [0, 0.05) is 6.54 Å². The summed E-state index contributed by atoms with van der Waals surface area (Å²) in [6, 6.07) is 8.40. The molecule has 1 aromatic carbocycles. The molecule has 0 saturated carbocycles. The van der Waals surface area contributed by atoms with E-state index < -0.39 is 18.0 Å². The summed E-state index contributed by atoms with van der Waals surface area (Å²) in [5.41, 5.74) is 0.973. The van der Waals surface area contributed by atoms with Crippen LogP contribution in [0.3, 0.4) is 0 Å². The maximum atomic E-state index is 11.7. The second-order valence-electron chi connectivity index (χ2n) is 3.80. The Morgan fingerprint density at radius 2 is 1.58 bits per heavy atom. The zero-order chi connectivity index (χ0) is 14.1. The van der Waals surface area contributed by atoms with E-state index in [1.807, 2.05) is 30.3 Å². The van der Waals surface area contributed by atoms with Gasteiger partial charge < -0.3 is 9.47 Å². The van der Waals surface area contributed by atoms with Crippen LogP contribution in [0.1, 0.15) is 19.4 Å². The molecule has 1 aromatic rings. The predicted molar refractivity (Wildman–Crippen MR) is 70.3 cm³/mol. The van der Waals surface area contributed by atoms with E-state index >= 15 is 0 Å². The first-order valence-electron chi connectivity index (χ1n) is 6.29. The summed E-state index contributed by atoms with van der Waals surface area (Å²) in [6.45, 7) is 4.22. The fourth-order valence-electron chi connectivity index (χ4n) is 1.53. The van der Waals surface area contributed by atoms with Crippen LogP contribution in [0.4, 0.5) is 0 Å². The predicted octanol–water partition coefficient (Wildman–Crippen LogP) is 1.27. The molecule has 1 rings (SSSR count). The fraction of sp³-hybridized carbons (Fsp3) is 0.429. The van der Waals surface area contributed by atoms with Crippen molar-refractivity contribution in [3.05, 3.63) is 35.9 Å². The van der Waals surface area contributed by atoms with Gasteiger partial charge in [0.15, 0.2) is 0 Å². The maximum absolute atomic E-state index is 11.7. The fourth-order valence-corrected chi connectivity index (χ4v) is 1.53. The third-order valence-corrected chi connectivity index (χ3v) is 2.40. The van der Waals surface area contributed by atoms with Crippen LogP contribution < -0.4 is 5.32 Å². The van der Waals surface area contributed by atoms with Gasteiger partial charge >= 0.3 is 11.9 Å². The van der Waals surface area contributed by atoms with Crippen molar-refractivity contribution < 1.29 is 19.1 Å². The number of esters is 2. The van der Waals surface area contributed by atoms with E-state index in [1.54, 1.807) is 13.8 Å². The van der Waals surface area contributed by atoms with E-state index in [4.69, 9.17) is 9.47 Å². The van der Waals surface area contributed by atoms with E-state index in [9.17, 15) is 9.59 Å². The molecule has 0 saturated heterocycles. The minimum Gasteiger partial charge on any atom is -0.464 e. The van der Waals surface area contributed by atoms with Crippen LogP contribution in [-0.4, -0.2) is 31.2 Å². The highest BCUT2D eigenvalue weighted by atomic mass is 16.6. The highest BCUT2D eigenvalue weighted by molar-refractivity contribution is 5.99. The molecule has 0 heterocycles. The summed E-state index contributed by atoms with van der Waals surface area (Å²) in [5, 5.41) is 2.86. The number of hydrogen-bond acceptors (Lipinski definition) is 5. The smallest absolute Gasteiger partial charge is 0.334 e. The summed E-state index contributed by atoms with van der Waals surface area (Å²) in [7, 11) is 0. The van der Waals surface area contributed by atoms with Crippen molar-refractivity contribution in [2.75, 3.05) is 13.2 Å². The van der Waals surface area contributed by atoms with Gasteiger partial charge in [-0.1, -0.05) is 30.3 Å². The lowest BCUT2D eigenvalue weighted by Crippen LogP contribution is -2.45. The van der Waals surface area contributed by atoms with E-state index in [1.165, 1.54) is 0 Å². The highest BCUT2D eigenvalue weighted by Gasteiger charge is 2.28. The summed E-state index contributed by atoms with van der Waals surface area (Å²) >= 11 is 0. The Morgan fingerprint density at radius 1 is 1.05 bits per heavy atom. The second kappa shape index (κ2) is 8.26. The SMILES string of the molecule is CCOC(=O)C(NCc1ccccc1)C(=O)OCC. The van der Waals surface area contributed by atoms with Gasteiger partial charge in [-0.05, 0) is 19.4 Å². The van der Waals surface area contributed by atoms with Crippen molar-refractivity contribution in [2.45, 2.75) is 26.4 Å². The minimum atomic E-state index is -1.08. The quantitative estimate of drug-likeness (QED) is 0.594. The molecule has 5 nitrogen and oxygen atoms in total. The van der Waals surface area contributed by atoms with Crippen molar-refractivity contribution in [2.24, 2.45) is 0 Å². The molecule has 0 amide bonds. The van der Waals surface area contributed by atoms with Gasteiger partial charge in [-0.15, -0.1) is 0 Å². The number of nitrogens with one attached hydrogen (secondary N) is 1. The Hall–Kier alpha value is -1.88. The molecule has 0 unspecified atom stereocenters. The number of carbonyl (C=O) groups is 2. The van der Waals surface area contributed by atoms with Crippen LogP contribution in [0.25, 0.3) is 0 Å². The topological polar surface area (TPSA) is 64.6 Å². The Labute approximate surface area is 112 Å². The van der Waals surface area contributed by atoms with E-state index in [2.05, 4.69) is 5.32 Å². The van der Waals surface area contributed by atoms with Crippen LogP contribution in [0.15, 0.2) is 30.3 Å². The molecule has 0 aliphatic heterocycles. The number of benzene rings is 1. The maximum Gasteiger partial charge on any atom is 0.334 e. The lowest BCUT2D eigenvalue weighted by Gasteiger charge is -2.15. The average molecular weight is 265 g/mol. The molecule has 5 heteroatoms. The number of rotatable bonds is 7. The molecule has 0 aliphatic rings. The van der Waals surface area contributed by atoms with Gasteiger partial charge in [-0.25, -0.2) is 9.59 Å². The molecule has 0 atom stereocenters. The third-order valence-electron chi connectivity index (χ3n) is 2.40. The van der Waals surface area contributed by atoms with Gasteiger partial charge in [0.05, 0.1) is 13.2 Å². The van der Waals surface area contributed by atoms with Gasteiger partial charge in [0.25, 0.3) is 0 Å². The average Bonchev–Trinajstić information content (AvgIpc) is 2.41. The van der Waals surface area contributed by atoms with Gasteiger partial charge in [-0.2, -0.15) is 0 Å². The second-order valence-corrected chi connectivity index (χ2v) is 3.80. The zero-order valence-corrected chi connectivity index (χ0v) is 11.2. The number of ether oxygens (including phenoxy) is 2. The van der Waals surface area contributed by atoms with E-state index in [0.29, 0.717) is 6.54 Å². The molecule has 0 aliphatic carbocycles. The third kappa shape index (κ3) is 5.09. The molecular weight excluding hydrogens is 246 g/mol. The van der Waals surface area contributed by atoms with Crippen molar-refractivity contribution in [1.82, 2.24) is 5.32 Å². The van der Waals surface area contributed by atoms with Crippen LogP contribution in [-0.2, 0) is 25.6 Å². The molecule has 1 N–H and O–H groups in total. The van der Waals surface area contributed by atoms with Gasteiger partial charge in [0.1, 0.15) is 0 Å². The highest BCUT2D eigenvalue weighted by Crippen LogP contribution is 2.01. The van der Waals surface area contributed by atoms with Crippen molar-refractivity contribution in [3.63, 3.8) is 0 Å². The van der Waals surface area contributed by atoms with Crippen molar-refractivity contribution >= 4 is 11.9 Å². The molecule has 0 aromatic heterocycles. The Kier molecular flexibility index (Phi) is 6.60. The summed E-state index contributed by atoms with van der Waals surface area (Å²) in [4.78, 5) is 23.4. The summed E-state index contributed by atoms with van der Waals surface area (Å²) < 4.78 is 9.72. The van der Waals surface area contributed by atoms with Gasteiger partial charge in [0.2, 0.25) is 6.04 Å². The minimum absolute atomic E-state index is 0.224. The first-order chi connectivity index (χ1) is 9.19. The lowest BCUT2D eigenvalue weighted by molar-refractivity contribution is -0.158. The largest absolute Gasteiger partial charge is 0.464 e. The molecule has 0 bridgehead atoms. The monoisotopic (exact) mass is 265 g/mol. The van der Waals surface area contributed by atoms with Crippen LogP contribution in [0.2, 0.25) is 0 Å². The first kappa shape index (κ1) is 15.2. The number of carbonyl (C=O) groups excluding carboxylic acids is 2. The Morgan fingerprint density at radius 3 is 2.05 bits per heavy atom. The first-order valence-corrected chi connectivity index (χ1v) is 6.29. The van der Waals surface area contributed by atoms with Crippen LogP contribution >= 0.6 is 0 Å². The lowest BCUT2D eigenvalue weighted by atomic mass is 10.2. The number of hydrogen-bond donors (Lipinski definition) is 1. The molecule has 0 fully saturated rings. The van der Waals surface area contributed by atoms with Crippen molar-refractivity contribution in [3.8, 4) is 0 Å². The molecule has 19 heavy (non-hydrogen) atoms. The van der Waals surface area contributed by atoms with Crippen molar-refractivity contribution in [1.29, 1.82) is 0 Å². The van der Waals surface area contributed by atoms with Crippen LogP contribution in [0.5, 0.6) is 0 Å². The van der Waals surface area contributed by atoms with Crippen LogP contribution in [0, 0.1) is 0 Å². The summed E-state index contributed by atoms with van der Waals surface area (Å²) in [6.07, 6.45) is 0. The molecule has 0 radical (unpaired) electrons. The summed E-state index contributed by atoms with van der Waals surface area (Å²) in [5.74, 6) is -1.23. The van der Waals surface area contributed by atoms with E-state index in [0.717, 1.165) is 5.56 Å². The zero-order valence-electron chi connectivity index (χ0n) is 11.2. The molecular formula is C14H19NO4. The molecule has 104 valence electrons. The Bertz CT molecular complexity index is 387. The van der Waals surface area contributed by atoms with Gasteiger partial charge in [-0.3, -0.25) is 5.32 Å². The normalized spacial score (nSPS) is 10.3. The Balaban J connectivity index is 2.63.